The number of ether oxygens (including phenoxy) is 1. The van der Waals surface area contributed by atoms with E-state index in [1.807, 2.05) is 30.3 Å². The maximum Gasteiger partial charge on any atom is 0.327 e. The van der Waals surface area contributed by atoms with Gasteiger partial charge in [-0.25, -0.2) is 4.79 Å². The zero-order chi connectivity index (χ0) is 28.2. The molecule has 0 saturated heterocycles. The van der Waals surface area contributed by atoms with Crippen LogP contribution in [0, 0.1) is 10.1 Å². The number of carbonyl (C=O) groups excluding carboxylic acids is 2. The monoisotopic (exact) mass is 571 g/mol. The van der Waals surface area contributed by atoms with Crippen molar-refractivity contribution in [3.63, 3.8) is 0 Å². The number of benzene rings is 4. The molecule has 0 spiro atoms. The Morgan fingerprint density at radius 1 is 0.925 bits per heavy atom. The van der Waals surface area contributed by atoms with Crippen LogP contribution in [0.25, 0.3) is 0 Å². The molecule has 4 aromatic rings. The van der Waals surface area contributed by atoms with Crippen LogP contribution in [0.1, 0.15) is 22.0 Å². The van der Waals surface area contributed by atoms with Crippen LogP contribution in [0.2, 0.25) is 5.02 Å². The van der Waals surface area contributed by atoms with E-state index in [9.17, 15) is 19.7 Å². The minimum atomic E-state index is -0.837. The van der Waals surface area contributed by atoms with Gasteiger partial charge in [0.1, 0.15) is 11.5 Å². The fourth-order valence-electron chi connectivity index (χ4n) is 4.34. The molecule has 1 atom stereocenters. The third kappa shape index (κ3) is 5.56. The number of anilines is 1. The lowest BCUT2D eigenvalue weighted by Crippen LogP contribution is -2.48. The number of hydrogen-bond acceptors (Lipinski definition) is 6. The number of nitrogens with one attached hydrogen (secondary N) is 1. The molecule has 1 aliphatic heterocycles. The molecule has 200 valence electrons. The quantitative estimate of drug-likeness (QED) is 0.132. The molecule has 1 unspecified atom stereocenters. The number of rotatable bonds is 8. The number of Topliss-reactive ketones (excluding diaryl/α,β-unsaturated/α-hetero) is 1. The molecule has 1 N–H and O–H groups in total. The molecule has 0 aromatic heterocycles. The molecule has 40 heavy (non-hydrogen) atoms. The van der Waals surface area contributed by atoms with E-state index in [0.717, 1.165) is 0 Å². The first-order valence-electron chi connectivity index (χ1n) is 12.1. The molecule has 1 aliphatic rings. The lowest BCUT2D eigenvalue weighted by Gasteiger charge is -2.36. The summed E-state index contributed by atoms with van der Waals surface area (Å²) in [6, 6.07) is 27.3. The third-order valence-electron chi connectivity index (χ3n) is 6.25. The van der Waals surface area contributed by atoms with Crippen molar-refractivity contribution in [3.05, 3.63) is 140 Å². The molecule has 8 nitrogen and oxygen atoms in total. The van der Waals surface area contributed by atoms with E-state index in [0.29, 0.717) is 43.9 Å². The largest absolute Gasteiger partial charge is 0.457 e. The normalized spacial score (nSPS) is 15.0. The number of para-hydroxylation sites is 1. The molecule has 5 rings (SSSR count). The Kier molecular flexibility index (Phi) is 7.86. The van der Waals surface area contributed by atoms with Crippen LogP contribution in [-0.2, 0) is 0 Å². The maximum absolute atomic E-state index is 14.0. The number of ketones is 1. The first-order chi connectivity index (χ1) is 19.4. The highest BCUT2D eigenvalue weighted by molar-refractivity contribution is 8.02. The summed E-state index contributed by atoms with van der Waals surface area (Å²) in [5.74, 6) is 0.958. The molecular weight excluding hydrogens is 550 g/mol. The number of nitro groups is 1. The van der Waals surface area contributed by atoms with E-state index >= 15 is 0 Å². The Balaban J connectivity index is 1.58. The van der Waals surface area contributed by atoms with Crippen molar-refractivity contribution >= 4 is 46.6 Å². The Morgan fingerprint density at radius 3 is 2.15 bits per heavy atom. The minimum absolute atomic E-state index is 0.0926. The second-order valence-electron chi connectivity index (χ2n) is 8.73. The van der Waals surface area contributed by atoms with Crippen LogP contribution in [0.5, 0.6) is 11.5 Å². The Morgan fingerprint density at radius 2 is 1.55 bits per heavy atom. The topological polar surface area (TPSA) is 102 Å². The number of halogens is 1. The fraction of sp³-hybridized carbons (Fsp3) is 0.0667. The summed E-state index contributed by atoms with van der Waals surface area (Å²) >= 11 is 7.31. The first-order valence-corrected chi connectivity index (χ1v) is 13.7. The number of non-ortho nitro benzene ring substituents is 1. The molecule has 0 saturated carbocycles. The average Bonchev–Trinajstić information content (AvgIpc) is 2.97. The van der Waals surface area contributed by atoms with Crippen LogP contribution in [0.15, 0.2) is 114 Å². The van der Waals surface area contributed by atoms with Gasteiger partial charge < -0.3 is 10.1 Å². The summed E-state index contributed by atoms with van der Waals surface area (Å²) in [6.45, 7) is 0. The van der Waals surface area contributed by atoms with Crippen molar-refractivity contribution in [1.29, 1.82) is 0 Å². The molecule has 0 fully saturated rings. The molecule has 0 bridgehead atoms. The van der Waals surface area contributed by atoms with Crippen molar-refractivity contribution in [2.45, 2.75) is 6.04 Å². The lowest BCUT2D eigenvalue weighted by atomic mass is 9.91. The summed E-state index contributed by atoms with van der Waals surface area (Å²) in [4.78, 5) is 39.6. The summed E-state index contributed by atoms with van der Waals surface area (Å²) < 4.78 is 5.88. The van der Waals surface area contributed by atoms with E-state index in [4.69, 9.17) is 16.3 Å². The van der Waals surface area contributed by atoms with Crippen LogP contribution < -0.4 is 15.0 Å². The molecule has 1 heterocycles. The highest BCUT2D eigenvalue weighted by atomic mass is 35.5. The van der Waals surface area contributed by atoms with Crippen molar-refractivity contribution in [2.75, 3.05) is 11.2 Å². The smallest absolute Gasteiger partial charge is 0.327 e. The van der Waals surface area contributed by atoms with Gasteiger partial charge in [-0.3, -0.25) is 19.8 Å². The molecule has 0 aliphatic carbocycles. The van der Waals surface area contributed by atoms with Gasteiger partial charge in [0.15, 0.2) is 5.78 Å². The summed E-state index contributed by atoms with van der Waals surface area (Å²) in [5.41, 5.74) is 1.69. The first kappa shape index (κ1) is 27.0. The van der Waals surface area contributed by atoms with Crippen molar-refractivity contribution in [3.8, 4) is 11.5 Å². The summed E-state index contributed by atoms with van der Waals surface area (Å²) in [7, 11) is 0. The predicted octanol–water partition coefficient (Wildman–Crippen LogP) is 7.77. The van der Waals surface area contributed by atoms with E-state index in [1.54, 1.807) is 66.9 Å². The average molecular weight is 572 g/mol. The van der Waals surface area contributed by atoms with Crippen LogP contribution in [-0.4, -0.2) is 23.0 Å². The van der Waals surface area contributed by atoms with Crippen LogP contribution in [0.3, 0.4) is 0 Å². The van der Waals surface area contributed by atoms with Gasteiger partial charge in [-0.2, -0.15) is 0 Å². The van der Waals surface area contributed by atoms with E-state index in [-0.39, 0.29) is 11.5 Å². The Labute approximate surface area is 239 Å². The zero-order valence-corrected chi connectivity index (χ0v) is 22.7. The minimum Gasteiger partial charge on any atom is -0.457 e. The number of nitro benzene ring substituents is 1. The van der Waals surface area contributed by atoms with Crippen molar-refractivity contribution in [2.24, 2.45) is 0 Å². The van der Waals surface area contributed by atoms with Crippen molar-refractivity contribution < 1.29 is 19.2 Å². The predicted molar refractivity (Wildman–Crippen MR) is 156 cm³/mol. The molecule has 0 radical (unpaired) electrons. The number of amides is 2. The molecule has 2 amide bonds. The van der Waals surface area contributed by atoms with E-state index < -0.39 is 17.0 Å². The zero-order valence-electron chi connectivity index (χ0n) is 21.1. The van der Waals surface area contributed by atoms with Crippen LogP contribution >= 0.6 is 23.4 Å². The lowest BCUT2D eigenvalue weighted by molar-refractivity contribution is -0.384. The standard InChI is InChI=1S/C30H22ClN3O5S/c1-40-29-26(28(35)20-7-11-21(31)12-8-20)27(19-9-13-23(14-10-19)34(37)38)32-30(36)33(29)22-15-17-25(18-16-22)39-24-5-3-2-4-6-24/h2-18,27H,1H3,(H,32,36). The summed E-state index contributed by atoms with van der Waals surface area (Å²) in [5, 5.41) is 15.0. The number of carbonyl (C=O) groups is 2. The second-order valence-corrected chi connectivity index (χ2v) is 9.97. The molecular formula is C30H22ClN3O5S. The molecule has 10 heteroatoms. The van der Waals surface area contributed by atoms with Gasteiger partial charge in [0.05, 0.1) is 27.3 Å². The summed E-state index contributed by atoms with van der Waals surface area (Å²) in [6.07, 6.45) is 1.79. The Hall–Kier alpha value is -4.60. The number of nitrogens with zero attached hydrogens (tertiary/aromatic N) is 2. The fourth-order valence-corrected chi connectivity index (χ4v) is 5.27. The number of hydrogen-bond donors (Lipinski definition) is 1. The van der Waals surface area contributed by atoms with Gasteiger partial charge in [0.25, 0.3) is 5.69 Å². The van der Waals surface area contributed by atoms with Gasteiger partial charge in [-0.1, -0.05) is 29.8 Å². The van der Waals surface area contributed by atoms with Gasteiger partial charge in [0.2, 0.25) is 0 Å². The van der Waals surface area contributed by atoms with Gasteiger partial charge in [-0.05, 0) is 84.6 Å². The SMILES string of the molecule is CSC1=C(C(=O)c2ccc(Cl)cc2)C(c2ccc([N+](=O)[O-])cc2)NC(=O)N1c1ccc(Oc2ccccc2)cc1. The molecule has 4 aromatic carbocycles. The number of urea groups is 1. The maximum atomic E-state index is 14.0. The van der Waals surface area contributed by atoms with Crippen LogP contribution in [0.4, 0.5) is 16.2 Å². The van der Waals surface area contributed by atoms with E-state index in [1.165, 1.54) is 28.8 Å². The van der Waals surface area contributed by atoms with E-state index in [2.05, 4.69) is 5.32 Å². The third-order valence-corrected chi connectivity index (χ3v) is 7.29. The Bertz CT molecular complexity index is 1590. The highest BCUT2D eigenvalue weighted by Gasteiger charge is 2.38. The second kappa shape index (κ2) is 11.6. The van der Waals surface area contributed by atoms with Gasteiger partial charge in [0, 0.05) is 22.7 Å². The van der Waals surface area contributed by atoms with Gasteiger partial charge >= 0.3 is 6.03 Å². The number of thioether (sulfide) groups is 1. The van der Waals surface area contributed by atoms with Crippen molar-refractivity contribution in [1.82, 2.24) is 5.32 Å². The van der Waals surface area contributed by atoms with Gasteiger partial charge in [-0.15, -0.1) is 11.8 Å². The highest BCUT2D eigenvalue weighted by Crippen LogP contribution is 2.40.